The largest absolute Gasteiger partial charge is 0.370 e. The van der Waals surface area contributed by atoms with Crippen molar-refractivity contribution in [2.24, 2.45) is 16.6 Å². The van der Waals surface area contributed by atoms with Gasteiger partial charge in [-0.2, -0.15) is 0 Å². The van der Waals surface area contributed by atoms with Crippen LogP contribution in [0.3, 0.4) is 0 Å². The third kappa shape index (κ3) is 4.96. The summed E-state index contributed by atoms with van der Waals surface area (Å²) in [7, 11) is -0.847. The summed E-state index contributed by atoms with van der Waals surface area (Å²) in [5.41, 5.74) is 5.98. The van der Waals surface area contributed by atoms with E-state index in [1.165, 1.54) is 12.8 Å². The number of rotatable bonds is 3. The van der Waals surface area contributed by atoms with Crippen molar-refractivity contribution in [3.63, 3.8) is 0 Å². The fourth-order valence-electron chi connectivity index (χ4n) is 2.05. The van der Waals surface area contributed by atoms with Gasteiger partial charge in [-0.1, -0.05) is 6.92 Å². The molecule has 0 aromatic rings. The summed E-state index contributed by atoms with van der Waals surface area (Å²) in [6.07, 6.45) is 2.46. The Morgan fingerprint density at radius 1 is 1.50 bits per heavy atom. The highest BCUT2D eigenvalue weighted by Gasteiger charge is 2.20. The van der Waals surface area contributed by atoms with Crippen molar-refractivity contribution in [2.75, 3.05) is 25.4 Å². The maximum absolute atomic E-state index is 11.9. The summed E-state index contributed by atoms with van der Waals surface area (Å²) in [6, 6.07) is 0. The van der Waals surface area contributed by atoms with Gasteiger partial charge in [0.25, 0.3) is 0 Å². The molecule has 1 fully saturated rings. The van der Waals surface area contributed by atoms with E-state index in [0.717, 1.165) is 13.1 Å². The molecule has 5 heteroatoms. The van der Waals surface area contributed by atoms with Crippen molar-refractivity contribution in [1.82, 2.24) is 4.90 Å². The quantitative estimate of drug-likeness (QED) is 0.627. The van der Waals surface area contributed by atoms with E-state index in [1.54, 1.807) is 0 Å². The van der Waals surface area contributed by atoms with Gasteiger partial charge in [-0.05, 0) is 39.5 Å². The molecule has 0 aromatic carbocycles. The first-order valence-corrected chi connectivity index (χ1v) is 8.06. The fourth-order valence-corrected chi connectivity index (χ4v) is 2.92. The molecule has 0 aromatic heterocycles. The zero-order valence-corrected chi connectivity index (χ0v) is 12.9. The van der Waals surface area contributed by atoms with Crippen molar-refractivity contribution < 1.29 is 4.21 Å². The average molecular weight is 273 g/mol. The van der Waals surface area contributed by atoms with Crippen molar-refractivity contribution in [3.8, 4) is 0 Å². The second-order valence-electron chi connectivity index (χ2n) is 6.10. The molecule has 1 rings (SSSR count). The Labute approximate surface area is 113 Å². The van der Waals surface area contributed by atoms with Crippen molar-refractivity contribution in [2.45, 2.75) is 45.3 Å². The Morgan fingerprint density at radius 3 is 2.72 bits per heavy atom. The molecule has 1 saturated heterocycles. The molecule has 0 radical (unpaired) electrons. The highest BCUT2D eigenvalue weighted by Crippen LogP contribution is 2.15. The molecular weight excluding hydrogens is 246 g/mol. The van der Waals surface area contributed by atoms with Gasteiger partial charge in [0.15, 0.2) is 5.96 Å². The highest BCUT2D eigenvalue weighted by molar-refractivity contribution is 7.86. The van der Waals surface area contributed by atoms with Gasteiger partial charge in [0, 0.05) is 34.4 Å². The molecule has 4 nitrogen and oxygen atoms in total. The highest BCUT2D eigenvalue weighted by atomic mass is 32.2. The smallest absolute Gasteiger partial charge is 0.191 e. The van der Waals surface area contributed by atoms with Crippen LogP contribution in [0.1, 0.15) is 40.5 Å². The van der Waals surface area contributed by atoms with Gasteiger partial charge < -0.3 is 10.6 Å². The summed E-state index contributed by atoms with van der Waals surface area (Å²) >= 11 is 0. The van der Waals surface area contributed by atoms with Crippen LogP contribution in [0.25, 0.3) is 0 Å². The molecule has 106 valence electrons. The van der Waals surface area contributed by atoms with E-state index in [0.29, 0.717) is 24.2 Å². The molecule has 1 heterocycles. The predicted molar refractivity (Wildman–Crippen MR) is 79.2 cm³/mol. The molecule has 0 bridgehead atoms. The third-order valence-corrected chi connectivity index (χ3v) is 5.13. The van der Waals surface area contributed by atoms with E-state index in [4.69, 9.17) is 5.73 Å². The van der Waals surface area contributed by atoms with Crippen LogP contribution in [0, 0.1) is 5.92 Å². The second kappa shape index (κ2) is 6.55. The van der Waals surface area contributed by atoms with Crippen LogP contribution in [-0.4, -0.2) is 45.2 Å². The van der Waals surface area contributed by atoms with Crippen LogP contribution in [0.5, 0.6) is 0 Å². The third-order valence-electron chi connectivity index (χ3n) is 3.21. The summed E-state index contributed by atoms with van der Waals surface area (Å²) in [4.78, 5) is 6.51. The van der Waals surface area contributed by atoms with Crippen molar-refractivity contribution in [1.29, 1.82) is 0 Å². The number of hydrogen-bond donors (Lipinski definition) is 1. The van der Waals surface area contributed by atoms with Gasteiger partial charge in [0.1, 0.15) is 0 Å². The maximum atomic E-state index is 11.9. The first kappa shape index (κ1) is 15.5. The lowest BCUT2D eigenvalue weighted by atomic mass is 10.0. The second-order valence-corrected chi connectivity index (χ2v) is 8.42. The molecular formula is C13H27N3OS. The molecule has 2 N–H and O–H groups in total. The van der Waals surface area contributed by atoms with Crippen molar-refractivity contribution in [3.05, 3.63) is 0 Å². The van der Waals surface area contributed by atoms with E-state index in [-0.39, 0.29) is 4.75 Å². The van der Waals surface area contributed by atoms with Crippen LogP contribution in [0.15, 0.2) is 4.99 Å². The topological polar surface area (TPSA) is 58.7 Å². The summed E-state index contributed by atoms with van der Waals surface area (Å²) in [5.74, 6) is 1.90. The lowest BCUT2D eigenvalue weighted by Crippen LogP contribution is -2.43. The number of nitrogens with two attached hydrogens (primary N) is 1. The Balaban J connectivity index is 2.40. The van der Waals surface area contributed by atoms with Crippen LogP contribution < -0.4 is 5.73 Å². The number of hydrogen-bond acceptors (Lipinski definition) is 2. The molecule has 0 saturated carbocycles. The fraction of sp³-hybridized carbons (Fsp3) is 0.923. The Kier molecular flexibility index (Phi) is 5.63. The molecule has 2 atom stereocenters. The Hall–Kier alpha value is -0.580. The minimum atomic E-state index is -0.847. The van der Waals surface area contributed by atoms with Crippen LogP contribution in [-0.2, 0) is 10.8 Å². The first-order chi connectivity index (χ1) is 8.30. The summed E-state index contributed by atoms with van der Waals surface area (Å²) in [6.45, 7) is 10.8. The number of nitrogens with zero attached hydrogens (tertiary/aromatic N) is 2. The number of piperidine rings is 1. The zero-order valence-electron chi connectivity index (χ0n) is 12.1. The van der Waals surface area contributed by atoms with Crippen molar-refractivity contribution >= 4 is 16.8 Å². The molecule has 2 unspecified atom stereocenters. The van der Waals surface area contributed by atoms with E-state index < -0.39 is 10.8 Å². The predicted octanol–water partition coefficient (Wildman–Crippen LogP) is 1.58. The molecule has 0 aliphatic carbocycles. The lowest BCUT2D eigenvalue weighted by Gasteiger charge is -2.31. The van der Waals surface area contributed by atoms with Crippen LogP contribution in [0.2, 0.25) is 0 Å². The number of likely N-dealkylation sites (tertiary alicyclic amines) is 1. The van der Waals surface area contributed by atoms with Crippen LogP contribution in [0.4, 0.5) is 0 Å². The van der Waals surface area contributed by atoms with Gasteiger partial charge >= 0.3 is 0 Å². The van der Waals surface area contributed by atoms with Gasteiger partial charge in [-0.25, -0.2) is 0 Å². The molecule has 1 aliphatic rings. The van der Waals surface area contributed by atoms with E-state index in [1.807, 2.05) is 20.8 Å². The van der Waals surface area contributed by atoms with E-state index in [2.05, 4.69) is 16.8 Å². The normalized spacial score (nSPS) is 24.1. The first-order valence-electron chi connectivity index (χ1n) is 6.74. The number of aliphatic imine (C=N–C) groups is 1. The van der Waals surface area contributed by atoms with E-state index >= 15 is 0 Å². The van der Waals surface area contributed by atoms with Gasteiger partial charge in [-0.3, -0.25) is 9.20 Å². The minimum absolute atomic E-state index is 0.163. The maximum Gasteiger partial charge on any atom is 0.191 e. The molecule has 0 spiro atoms. The minimum Gasteiger partial charge on any atom is -0.370 e. The van der Waals surface area contributed by atoms with Gasteiger partial charge in [0.2, 0.25) is 0 Å². The summed E-state index contributed by atoms with van der Waals surface area (Å²) < 4.78 is 11.7. The van der Waals surface area contributed by atoms with E-state index in [9.17, 15) is 4.21 Å². The Morgan fingerprint density at radius 2 is 2.17 bits per heavy atom. The molecule has 1 aliphatic heterocycles. The molecule has 18 heavy (non-hydrogen) atoms. The standard InChI is InChI=1S/C13H27N3OS/c1-11-6-5-8-16(10-11)12(14)15-7-9-18(17)13(2,3)4/h11H,5-10H2,1-4H3,(H2,14,15). The van der Waals surface area contributed by atoms with Crippen LogP contribution >= 0.6 is 0 Å². The zero-order chi connectivity index (χ0) is 13.8. The Bertz CT molecular complexity index is 323. The monoisotopic (exact) mass is 273 g/mol. The molecule has 0 amide bonds. The SMILES string of the molecule is CC1CCCN(C(N)=NCCS(=O)C(C)(C)C)C1. The average Bonchev–Trinajstić information content (AvgIpc) is 2.27. The number of guanidine groups is 1. The van der Waals surface area contributed by atoms with Gasteiger partial charge in [0.05, 0.1) is 6.54 Å². The summed E-state index contributed by atoms with van der Waals surface area (Å²) in [5, 5.41) is 0. The lowest BCUT2D eigenvalue weighted by molar-refractivity contribution is 0.270. The van der Waals surface area contributed by atoms with Gasteiger partial charge in [-0.15, -0.1) is 0 Å².